The van der Waals surface area contributed by atoms with E-state index in [1.54, 1.807) is 6.20 Å². The summed E-state index contributed by atoms with van der Waals surface area (Å²) in [6, 6.07) is 13.0. The standard InChI is InChI=1S/C21H25N3O.C2HF3O2/c1-15-4-2-3-5-19(15)16-10-12-24(13-11-16)20-9-6-17(14-22-20)21(25)23-18-7-8-18;3-2(4,5)1(6)7/h2-6,9,14,16,18H,7-8,10-13H2,1H3,(H,23,25);(H,6,7). The summed E-state index contributed by atoms with van der Waals surface area (Å²) < 4.78 is 31.7. The van der Waals surface area contributed by atoms with Crippen LogP contribution in [0.25, 0.3) is 0 Å². The second kappa shape index (κ2) is 10.0. The van der Waals surface area contributed by atoms with Gasteiger partial charge >= 0.3 is 12.1 Å². The maximum Gasteiger partial charge on any atom is 0.490 e. The lowest BCUT2D eigenvalue weighted by Crippen LogP contribution is -2.33. The van der Waals surface area contributed by atoms with Gasteiger partial charge in [0.25, 0.3) is 5.91 Å². The molecule has 1 aliphatic carbocycles. The van der Waals surface area contributed by atoms with Crippen molar-refractivity contribution in [1.29, 1.82) is 0 Å². The fourth-order valence-electron chi connectivity index (χ4n) is 3.67. The number of piperidine rings is 1. The number of carbonyl (C=O) groups is 2. The molecule has 6 nitrogen and oxygen atoms in total. The second-order valence-corrected chi connectivity index (χ2v) is 8.07. The third kappa shape index (κ3) is 6.45. The van der Waals surface area contributed by atoms with E-state index in [0.29, 0.717) is 17.5 Å². The van der Waals surface area contributed by atoms with Crippen LogP contribution in [0.2, 0.25) is 0 Å². The van der Waals surface area contributed by atoms with Crippen LogP contribution in [0.3, 0.4) is 0 Å². The number of carbonyl (C=O) groups excluding carboxylic acids is 1. The molecule has 1 aliphatic heterocycles. The molecule has 2 heterocycles. The van der Waals surface area contributed by atoms with Crippen molar-refractivity contribution < 1.29 is 27.9 Å². The third-order valence-electron chi connectivity index (χ3n) is 5.61. The topological polar surface area (TPSA) is 82.5 Å². The Labute approximate surface area is 184 Å². The van der Waals surface area contributed by atoms with Crippen LogP contribution in [0.15, 0.2) is 42.6 Å². The summed E-state index contributed by atoms with van der Waals surface area (Å²) in [5.74, 6) is -1.14. The van der Waals surface area contributed by atoms with Crippen molar-refractivity contribution in [3.8, 4) is 0 Å². The summed E-state index contributed by atoms with van der Waals surface area (Å²) in [6.45, 7) is 4.23. The van der Waals surface area contributed by atoms with Gasteiger partial charge in [0.15, 0.2) is 0 Å². The van der Waals surface area contributed by atoms with E-state index in [1.807, 2.05) is 12.1 Å². The van der Waals surface area contributed by atoms with Crippen LogP contribution >= 0.6 is 0 Å². The van der Waals surface area contributed by atoms with Crippen LogP contribution in [0, 0.1) is 6.92 Å². The van der Waals surface area contributed by atoms with Crippen molar-refractivity contribution >= 4 is 17.7 Å². The molecule has 0 atom stereocenters. The Morgan fingerprint density at radius 2 is 1.69 bits per heavy atom. The van der Waals surface area contributed by atoms with Gasteiger partial charge in [0.1, 0.15) is 5.82 Å². The zero-order valence-corrected chi connectivity index (χ0v) is 17.7. The van der Waals surface area contributed by atoms with Crippen LogP contribution in [-0.2, 0) is 4.79 Å². The SMILES string of the molecule is Cc1ccccc1C1CCN(c2ccc(C(=O)NC3CC3)cn2)CC1.O=C(O)C(F)(F)F. The highest BCUT2D eigenvalue weighted by atomic mass is 19.4. The van der Waals surface area contributed by atoms with Crippen LogP contribution < -0.4 is 10.2 Å². The number of aliphatic carboxylic acids is 1. The molecular weight excluding hydrogens is 423 g/mol. The van der Waals surface area contributed by atoms with E-state index in [-0.39, 0.29) is 5.91 Å². The summed E-state index contributed by atoms with van der Waals surface area (Å²) in [5.41, 5.74) is 3.54. The van der Waals surface area contributed by atoms with Crippen molar-refractivity contribution in [2.24, 2.45) is 0 Å². The van der Waals surface area contributed by atoms with Gasteiger partial charge in [0.05, 0.1) is 5.56 Å². The predicted octanol–water partition coefficient (Wildman–Crippen LogP) is 4.30. The highest BCUT2D eigenvalue weighted by Crippen LogP contribution is 2.31. The predicted molar refractivity (Wildman–Crippen MR) is 114 cm³/mol. The normalized spacial score (nSPS) is 16.7. The Morgan fingerprint density at radius 3 is 2.19 bits per heavy atom. The molecule has 172 valence electrons. The number of aryl methyl sites for hydroxylation is 1. The summed E-state index contributed by atoms with van der Waals surface area (Å²) in [5, 5.41) is 10.1. The molecular formula is C23H26F3N3O3. The molecule has 4 rings (SSSR count). The molecule has 2 aliphatic rings. The lowest BCUT2D eigenvalue weighted by Gasteiger charge is -2.33. The molecule has 0 unspecified atom stereocenters. The Bertz CT molecular complexity index is 935. The average Bonchev–Trinajstić information content (AvgIpc) is 3.58. The molecule has 2 fully saturated rings. The maximum absolute atomic E-state index is 12.0. The first kappa shape index (κ1) is 23.6. The number of hydrogen-bond acceptors (Lipinski definition) is 4. The zero-order chi connectivity index (χ0) is 23.3. The fraction of sp³-hybridized carbons (Fsp3) is 0.435. The number of nitrogens with one attached hydrogen (secondary N) is 1. The van der Waals surface area contributed by atoms with Crippen LogP contribution in [0.1, 0.15) is 53.1 Å². The molecule has 0 bridgehead atoms. The lowest BCUT2D eigenvalue weighted by atomic mass is 9.87. The minimum Gasteiger partial charge on any atom is -0.475 e. The van der Waals surface area contributed by atoms with Gasteiger partial charge in [-0.1, -0.05) is 24.3 Å². The van der Waals surface area contributed by atoms with Gasteiger partial charge in [-0.05, 0) is 61.8 Å². The number of carboxylic acid groups (broad SMARTS) is 1. The van der Waals surface area contributed by atoms with Crippen molar-refractivity contribution in [2.75, 3.05) is 18.0 Å². The Kier molecular flexibility index (Phi) is 7.37. The maximum atomic E-state index is 12.0. The Morgan fingerprint density at radius 1 is 1.06 bits per heavy atom. The Balaban J connectivity index is 0.000000360. The van der Waals surface area contributed by atoms with Gasteiger partial charge in [-0.25, -0.2) is 9.78 Å². The zero-order valence-electron chi connectivity index (χ0n) is 17.7. The smallest absolute Gasteiger partial charge is 0.475 e. The number of alkyl halides is 3. The first-order valence-electron chi connectivity index (χ1n) is 10.5. The van der Waals surface area contributed by atoms with Crippen LogP contribution in [0.4, 0.5) is 19.0 Å². The Hall–Kier alpha value is -3.10. The average molecular weight is 449 g/mol. The monoisotopic (exact) mass is 449 g/mol. The third-order valence-corrected chi connectivity index (χ3v) is 5.61. The molecule has 0 spiro atoms. The molecule has 1 saturated carbocycles. The van der Waals surface area contributed by atoms with E-state index >= 15 is 0 Å². The van der Waals surface area contributed by atoms with E-state index < -0.39 is 12.1 Å². The van der Waals surface area contributed by atoms with Gasteiger partial charge in [-0.3, -0.25) is 4.79 Å². The quantitative estimate of drug-likeness (QED) is 0.727. The van der Waals surface area contributed by atoms with Crippen LogP contribution in [-0.4, -0.2) is 47.3 Å². The van der Waals surface area contributed by atoms with Crippen molar-refractivity contribution in [2.45, 2.75) is 50.7 Å². The number of anilines is 1. The number of rotatable bonds is 4. The largest absolute Gasteiger partial charge is 0.490 e. The van der Waals surface area contributed by atoms with Gasteiger partial charge < -0.3 is 15.3 Å². The number of hydrogen-bond donors (Lipinski definition) is 2. The molecule has 9 heteroatoms. The number of nitrogens with zero attached hydrogens (tertiary/aromatic N) is 2. The van der Waals surface area contributed by atoms with E-state index in [9.17, 15) is 18.0 Å². The second-order valence-electron chi connectivity index (χ2n) is 8.07. The lowest BCUT2D eigenvalue weighted by molar-refractivity contribution is -0.192. The summed E-state index contributed by atoms with van der Waals surface area (Å²) >= 11 is 0. The number of halogens is 3. The first-order valence-corrected chi connectivity index (χ1v) is 10.5. The number of pyridine rings is 1. The molecule has 1 aromatic heterocycles. The summed E-state index contributed by atoms with van der Waals surface area (Å²) in [7, 11) is 0. The molecule has 32 heavy (non-hydrogen) atoms. The first-order chi connectivity index (χ1) is 15.1. The van der Waals surface area contributed by atoms with E-state index in [2.05, 4.69) is 46.4 Å². The van der Waals surface area contributed by atoms with E-state index in [0.717, 1.165) is 44.6 Å². The van der Waals surface area contributed by atoms with Gasteiger partial charge in [-0.2, -0.15) is 13.2 Å². The fourth-order valence-corrected chi connectivity index (χ4v) is 3.67. The molecule has 2 aromatic rings. The number of amides is 1. The van der Waals surface area contributed by atoms with Crippen molar-refractivity contribution in [3.63, 3.8) is 0 Å². The highest BCUT2D eigenvalue weighted by Gasteiger charge is 2.38. The van der Waals surface area contributed by atoms with Crippen molar-refractivity contribution in [1.82, 2.24) is 10.3 Å². The van der Waals surface area contributed by atoms with Gasteiger partial charge in [0, 0.05) is 25.3 Å². The molecule has 1 amide bonds. The number of carboxylic acids is 1. The van der Waals surface area contributed by atoms with Crippen molar-refractivity contribution in [3.05, 3.63) is 59.3 Å². The summed E-state index contributed by atoms with van der Waals surface area (Å²) in [4.78, 5) is 27.8. The molecule has 1 aromatic carbocycles. The van der Waals surface area contributed by atoms with Gasteiger partial charge in [0.2, 0.25) is 0 Å². The van der Waals surface area contributed by atoms with E-state index in [4.69, 9.17) is 9.90 Å². The minimum absolute atomic E-state index is 0.000175. The number of aromatic nitrogens is 1. The number of benzene rings is 1. The van der Waals surface area contributed by atoms with Crippen LogP contribution in [0.5, 0.6) is 0 Å². The van der Waals surface area contributed by atoms with E-state index in [1.165, 1.54) is 11.1 Å². The molecule has 0 radical (unpaired) electrons. The summed E-state index contributed by atoms with van der Waals surface area (Å²) in [6.07, 6.45) is 1.13. The molecule has 1 saturated heterocycles. The molecule has 2 N–H and O–H groups in total. The highest BCUT2D eigenvalue weighted by molar-refractivity contribution is 5.94. The minimum atomic E-state index is -5.08. The van der Waals surface area contributed by atoms with Gasteiger partial charge in [-0.15, -0.1) is 0 Å².